The molecule has 0 saturated carbocycles. The van der Waals surface area contributed by atoms with E-state index in [0.29, 0.717) is 24.9 Å². The first kappa shape index (κ1) is 28.2. The van der Waals surface area contributed by atoms with Crippen LogP contribution in [-0.4, -0.2) is 52.6 Å². The molecule has 206 valence electrons. The minimum Gasteiger partial charge on any atom is -0.354 e. The van der Waals surface area contributed by atoms with Crippen molar-refractivity contribution < 1.29 is 23.6 Å². The van der Waals surface area contributed by atoms with E-state index in [2.05, 4.69) is 5.32 Å². The summed E-state index contributed by atoms with van der Waals surface area (Å²) in [7, 11) is 0. The highest BCUT2D eigenvalue weighted by Crippen LogP contribution is 2.35. The molecule has 1 N–H and O–H groups in total. The summed E-state index contributed by atoms with van der Waals surface area (Å²) < 4.78 is 13.6. The first-order chi connectivity index (χ1) is 18.7. The highest BCUT2D eigenvalue weighted by Gasteiger charge is 2.47. The van der Waals surface area contributed by atoms with E-state index in [4.69, 9.17) is 0 Å². The first-order valence-corrected chi connectivity index (χ1v) is 13.6. The minimum absolute atomic E-state index is 0.0327. The van der Waals surface area contributed by atoms with Crippen LogP contribution in [0.3, 0.4) is 0 Å². The maximum atomic E-state index is 13.8. The Hall–Kier alpha value is -3.81. The number of amides is 4. The highest BCUT2D eigenvalue weighted by molar-refractivity contribution is 6.05. The predicted molar refractivity (Wildman–Crippen MR) is 145 cm³/mol. The molecule has 39 heavy (non-hydrogen) atoms. The van der Waals surface area contributed by atoms with E-state index in [1.807, 2.05) is 56.3 Å². The molecule has 1 saturated heterocycles. The van der Waals surface area contributed by atoms with Crippen molar-refractivity contribution in [2.45, 2.75) is 52.1 Å². The molecule has 8 heteroatoms. The van der Waals surface area contributed by atoms with Crippen LogP contribution in [0.4, 0.5) is 4.39 Å². The number of imide groups is 1. The molecular formula is C31H36FN3O4. The van der Waals surface area contributed by atoms with Crippen LogP contribution >= 0.6 is 0 Å². The number of likely N-dealkylation sites (tertiary alicyclic amines) is 1. The van der Waals surface area contributed by atoms with Crippen LogP contribution < -0.4 is 5.32 Å². The van der Waals surface area contributed by atoms with Crippen molar-refractivity contribution in [3.63, 3.8) is 0 Å². The van der Waals surface area contributed by atoms with Crippen LogP contribution in [0.15, 0.2) is 66.7 Å². The van der Waals surface area contributed by atoms with Crippen molar-refractivity contribution in [2.75, 3.05) is 13.1 Å². The lowest BCUT2D eigenvalue weighted by Crippen LogP contribution is -2.51. The van der Waals surface area contributed by atoms with E-state index in [9.17, 15) is 23.6 Å². The van der Waals surface area contributed by atoms with Crippen molar-refractivity contribution >= 4 is 23.6 Å². The molecule has 4 amide bonds. The minimum atomic E-state index is -0.833. The number of carbonyl (C=O) groups excluding carboxylic acids is 4. The van der Waals surface area contributed by atoms with Crippen LogP contribution in [0.5, 0.6) is 0 Å². The van der Waals surface area contributed by atoms with Gasteiger partial charge in [-0.2, -0.15) is 0 Å². The molecule has 0 spiro atoms. The zero-order valence-electron chi connectivity index (χ0n) is 22.5. The molecule has 0 radical (unpaired) electrons. The summed E-state index contributed by atoms with van der Waals surface area (Å²) >= 11 is 0. The van der Waals surface area contributed by atoms with Crippen molar-refractivity contribution in [2.24, 2.45) is 17.8 Å². The Kier molecular flexibility index (Phi) is 9.28. The van der Waals surface area contributed by atoms with Gasteiger partial charge in [0, 0.05) is 32.5 Å². The van der Waals surface area contributed by atoms with Crippen LogP contribution in [0, 0.1) is 23.6 Å². The van der Waals surface area contributed by atoms with Gasteiger partial charge in [-0.05, 0) is 42.0 Å². The lowest BCUT2D eigenvalue weighted by atomic mass is 9.85. The number of nitrogens with one attached hydrogen (secondary N) is 1. The third kappa shape index (κ3) is 6.99. The number of hydrogen-bond acceptors (Lipinski definition) is 4. The second-order valence-corrected chi connectivity index (χ2v) is 10.7. The van der Waals surface area contributed by atoms with E-state index in [1.54, 1.807) is 12.1 Å². The fourth-order valence-corrected chi connectivity index (χ4v) is 5.20. The van der Waals surface area contributed by atoms with Gasteiger partial charge in [-0.3, -0.25) is 24.1 Å². The largest absolute Gasteiger partial charge is 0.354 e. The van der Waals surface area contributed by atoms with E-state index < -0.39 is 11.9 Å². The molecule has 1 heterocycles. The van der Waals surface area contributed by atoms with Crippen molar-refractivity contribution in [1.82, 2.24) is 15.1 Å². The molecule has 0 aromatic heterocycles. The standard InChI is InChI=1S/C31H36FN3O4/c1-21(2)19-33-29(37)27(18-22-8-4-3-5-9-22)35(20-23-12-14-24(32)15-13-23)28(36)16-17-34-30(38)25-10-6-7-11-26(25)31(34)39/h3-9,12-15,21,25-27H,10-11,16-20H2,1-2H3,(H,33,37)/t25-,26+,27-/m1/s1. The van der Waals surface area contributed by atoms with Crippen LogP contribution in [-0.2, 0) is 32.1 Å². The summed E-state index contributed by atoms with van der Waals surface area (Å²) in [6.45, 7) is 4.49. The molecular weight excluding hydrogens is 497 g/mol. The SMILES string of the molecule is CC(C)CNC(=O)[C@@H](Cc1ccccc1)N(Cc1ccc(F)cc1)C(=O)CCN1C(=O)[C@H]2CC=CC[C@H]2C1=O. The molecule has 0 bridgehead atoms. The van der Waals surface area contributed by atoms with Gasteiger partial charge in [-0.1, -0.05) is 68.5 Å². The molecule has 1 aliphatic carbocycles. The first-order valence-electron chi connectivity index (χ1n) is 13.6. The second kappa shape index (κ2) is 12.8. The number of halogens is 1. The van der Waals surface area contributed by atoms with Crippen LogP contribution in [0.25, 0.3) is 0 Å². The third-order valence-electron chi connectivity index (χ3n) is 7.37. The zero-order valence-corrected chi connectivity index (χ0v) is 22.5. The fourth-order valence-electron chi connectivity index (χ4n) is 5.20. The Morgan fingerprint density at radius 2 is 1.56 bits per heavy atom. The third-order valence-corrected chi connectivity index (χ3v) is 7.37. The summed E-state index contributed by atoms with van der Waals surface area (Å²) in [6, 6.07) is 14.4. The highest BCUT2D eigenvalue weighted by atomic mass is 19.1. The van der Waals surface area contributed by atoms with Crippen LogP contribution in [0.1, 0.15) is 44.2 Å². The fraction of sp³-hybridized carbons (Fsp3) is 0.419. The van der Waals surface area contributed by atoms with E-state index in [-0.39, 0.29) is 67.3 Å². The van der Waals surface area contributed by atoms with Crippen molar-refractivity contribution in [3.8, 4) is 0 Å². The van der Waals surface area contributed by atoms with Gasteiger partial charge < -0.3 is 10.2 Å². The van der Waals surface area contributed by atoms with Crippen molar-refractivity contribution in [1.29, 1.82) is 0 Å². The lowest BCUT2D eigenvalue weighted by Gasteiger charge is -2.32. The summed E-state index contributed by atoms with van der Waals surface area (Å²) in [6.07, 6.45) is 5.10. The molecule has 1 fully saturated rings. The monoisotopic (exact) mass is 533 g/mol. The number of carbonyl (C=O) groups is 4. The van der Waals surface area contributed by atoms with Gasteiger partial charge in [-0.25, -0.2) is 4.39 Å². The Morgan fingerprint density at radius 1 is 0.949 bits per heavy atom. The summed E-state index contributed by atoms with van der Waals surface area (Å²) in [5.41, 5.74) is 1.56. The van der Waals surface area contributed by atoms with Crippen molar-refractivity contribution in [3.05, 3.63) is 83.7 Å². The van der Waals surface area contributed by atoms with Gasteiger partial charge in [0.05, 0.1) is 11.8 Å². The maximum absolute atomic E-state index is 13.8. The molecule has 7 nitrogen and oxygen atoms in total. The Labute approximate surface area is 229 Å². The zero-order chi connectivity index (χ0) is 27.9. The summed E-state index contributed by atoms with van der Waals surface area (Å²) in [5.74, 6) is -2.00. The molecule has 2 aliphatic rings. The van der Waals surface area contributed by atoms with Gasteiger partial charge >= 0.3 is 0 Å². The molecule has 3 atom stereocenters. The number of benzene rings is 2. The molecule has 2 aromatic carbocycles. The molecule has 0 unspecified atom stereocenters. The van der Waals surface area contributed by atoms with Gasteiger partial charge in [0.2, 0.25) is 23.6 Å². The maximum Gasteiger partial charge on any atom is 0.243 e. The smallest absolute Gasteiger partial charge is 0.243 e. The topological polar surface area (TPSA) is 86.8 Å². The van der Waals surface area contributed by atoms with Gasteiger partial charge in [0.1, 0.15) is 11.9 Å². The molecule has 1 aliphatic heterocycles. The average Bonchev–Trinajstić information content (AvgIpc) is 3.18. The Bertz CT molecular complexity index is 1190. The van der Waals surface area contributed by atoms with E-state index >= 15 is 0 Å². The number of fused-ring (bicyclic) bond motifs is 1. The average molecular weight is 534 g/mol. The summed E-state index contributed by atoms with van der Waals surface area (Å²) in [5, 5.41) is 2.96. The van der Waals surface area contributed by atoms with Gasteiger partial charge in [0.25, 0.3) is 0 Å². The van der Waals surface area contributed by atoms with Gasteiger partial charge in [-0.15, -0.1) is 0 Å². The number of allylic oxidation sites excluding steroid dienone is 2. The number of rotatable bonds is 11. The lowest BCUT2D eigenvalue weighted by molar-refractivity contribution is -0.144. The van der Waals surface area contributed by atoms with Crippen LogP contribution in [0.2, 0.25) is 0 Å². The Morgan fingerprint density at radius 3 is 2.15 bits per heavy atom. The van der Waals surface area contributed by atoms with E-state index in [1.165, 1.54) is 21.9 Å². The van der Waals surface area contributed by atoms with Gasteiger partial charge in [0.15, 0.2) is 0 Å². The second-order valence-electron chi connectivity index (χ2n) is 10.7. The van der Waals surface area contributed by atoms with E-state index in [0.717, 1.165) is 5.56 Å². The predicted octanol–water partition coefficient (Wildman–Crippen LogP) is 3.88. The number of hydrogen-bond donors (Lipinski definition) is 1. The molecule has 2 aromatic rings. The quantitative estimate of drug-likeness (QED) is 0.351. The normalized spacial score (nSPS) is 19.2. The Balaban J connectivity index is 1.57. The molecule has 4 rings (SSSR count). The summed E-state index contributed by atoms with van der Waals surface area (Å²) in [4.78, 5) is 55.8. The number of nitrogens with zero attached hydrogens (tertiary/aromatic N) is 2.